The SMILES string of the molecule is CC1(C)c2ccccc2-c2ccc(N(c3ccc(-c4ccc(C5CC6CCC5C6)cc4)cc3)c3ccc(C4CCCCC4)cc3)c(-c3ccc4ccccc4c3)c21. The van der Waals surface area contributed by atoms with Gasteiger partial charge in [0.25, 0.3) is 0 Å². The Balaban J connectivity index is 1.06. The molecule has 3 saturated carbocycles. The summed E-state index contributed by atoms with van der Waals surface area (Å²) in [6.07, 6.45) is 12.4. The quantitative estimate of drug-likeness (QED) is 0.157. The summed E-state index contributed by atoms with van der Waals surface area (Å²) in [4.78, 5) is 2.54. The van der Waals surface area contributed by atoms with Gasteiger partial charge in [-0.25, -0.2) is 0 Å². The fraction of sp³-hybridized carbons (Fsp3) is 0.286. The molecule has 4 aliphatic rings. The van der Waals surface area contributed by atoms with Gasteiger partial charge in [0.15, 0.2) is 0 Å². The Morgan fingerprint density at radius 3 is 1.88 bits per heavy atom. The van der Waals surface area contributed by atoms with Crippen molar-refractivity contribution < 1.29 is 0 Å². The van der Waals surface area contributed by atoms with Gasteiger partial charge in [0.1, 0.15) is 0 Å². The zero-order chi connectivity index (χ0) is 38.1. The van der Waals surface area contributed by atoms with Gasteiger partial charge in [-0.15, -0.1) is 0 Å². The average molecular weight is 740 g/mol. The van der Waals surface area contributed by atoms with Gasteiger partial charge in [0.05, 0.1) is 5.69 Å². The molecule has 0 aromatic heterocycles. The molecule has 1 heteroatoms. The highest BCUT2D eigenvalue weighted by molar-refractivity contribution is 5.99. The van der Waals surface area contributed by atoms with Crippen LogP contribution >= 0.6 is 0 Å². The monoisotopic (exact) mass is 739 g/mol. The molecule has 0 heterocycles. The van der Waals surface area contributed by atoms with Crippen molar-refractivity contribution in [1.82, 2.24) is 0 Å². The van der Waals surface area contributed by atoms with Gasteiger partial charge in [0, 0.05) is 22.4 Å². The molecule has 0 aliphatic heterocycles. The van der Waals surface area contributed by atoms with Crippen LogP contribution in [0, 0.1) is 11.8 Å². The van der Waals surface area contributed by atoms with Crippen LogP contribution in [0.4, 0.5) is 17.1 Å². The molecule has 0 saturated heterocycles. The number of hydrogen-bond acceptors (Lipinski definition) is 1. The van der Waals surface area contributed by atoms with Crippen molar-refractivity contribution >= 4 is 27.8 Å². The molecule has 0 N–H and O–H groups in total. The lowest BCUT2D eigenvalue weighted by Gasteiger charge is -2.32. The van der Waals surface area contributed by atoms with Crippen molar-refractivity contribution in [1.29, 1.82) is 0 Å². The Hall–Kier alpha value is -5.40. The fourth-order valence-electron chi connectivity index (χ4n) is 11.8. The van der Waals surface area contributed by atoms with E-state index in [4.69, 9.17) is 0 Å². The minimum Gasteiger partial charge on any atom is -0.310 e. The standard InChI is InChI=1S/C56H53N/c1-56(2)52-15-9-8-14-49(52)50-32-33-53(54(55(50)56)46-23-20-39-12-6-7-13-44(39)36-46)57(47-28-24-41(25-29-47)38-10-4-3-5-11-38)48-30-26-42(27-31-48)40-18-21-43(22-19-40)51-35-37-16-17-45(51)34-37/h6-9,12-15,18-33,36-38,45,51H,3-5,10-11,16-17,34-35H2,1-2H3. The first-order valence-electron chi connectivity index (χ1n) is 21.9. The smallest absolute Gasteiger partial charge is 0.0543 e. The Kier molecular flexibility index (Phi) is 8.50. The van der Waals surface area contributed by atoms with Gasteiger partial charge in [-0.05, 0) is 153 Å². The van der Waals surface area contributed by atoms with Crippen LogP contribution in [0.15, 0.2) is 152 Å². The molecule has 11 rings (SSSR count). The third-order valence-electron chi connectivity index (χ3n) is 14.7. The van der Waals surface area contributed by atoms with Crippen molar-refractivity contribution in [3.63, 3.8) is 0 Å². The van der Waals surface area contributed by atoms with Gasteiger partial charge in [-0.1, -0.05) is 155 Å². The Morgan fingerprint density at radius 2 is 1.16 bits per heavy atom. The van der Waals surface area contributed by atoms with Crippen LogP contribution < -0.4 is 4.90 Å². The molecule has 0 amide bonds. The molecule has 1 nitrogen and oxygen atoms in total. The van der Waals surface area contributed by atoms with E-state index in [2.05, 4.69) is 170 Å². The van der Waals surface area contributed by atoms with Crippen molar-refractivity contribution in [3.8, 4) is 33.4 Å². The van der Waals surface area contributed by atoms with Crippen LogP contribution in [-0.4, -0.2) is 0 Å². The van der Waals surface area contributed by atoms with Gasteiger partial charge >= 0.3 is 0 Å². The van der Waals surface area contributed by atoms with E-state index >= 15 is 0 Å². The zero-order valence-electron chi connectivity index (χ0n) is 33.6. The minimum absolute atomic E-state index is 0.173. The van der Waals surface area contributed by atoms with Gasteiger partial charge in [-0.3, -0.25) is 0 Å². The Morgan fingerprint density at radius 1 is 0.509 bits per heavy atom. The molecule has 0 spiro atoms. The molecule has 57 heavy (non-hydrogen) atoms. The van der Waals surface area contributed by atoms with Gasteiger partial charge in [-0.2, -0.15) is 0 Å². The molecule has 7 aromatic carbocycles. The molecule has 282 valence electrons. The van der Waals surface area contributed by atoms with Crippen molar-refractivity contribution in [2.24, 2.45) is 11.8 Å². The first-order valence-corrected chi connectivity index (χ1v) is 21.9. The summed E-state index contributed by atoms with van der Waals surface area (Å²) in [7, 11) is 0. The number of nitrogens with zero attached hydrogens (tertiary/aromatic N) is 1. The molecule has 0 radical (unpaired) electrons. The van der Waals surface area contributed by atoms with Crippen LogP contribution in [0.3, 0.4) is 0 Å². The maximum atomic E-state index is 2.54. The first kappa shape index (κ1) is 34.8. The summed E-state index contributed by atoms with van der Waals surface area (Å²) in [5.74, 6) is 3.30. The predicted molar refractivity (Wildman–Crippen MR) is 241 cm³/mol. The lowest BCUT2D eigenvalue weighted by Crippen LogP contribution is -2.19. The summed E-state index contributed by atoms with van der Waals surface area (Å²) in [6.45, 7) is 4.85. The van der Waals surface area contributed by atoms with Crippen molar-refractivity contribution in [2.45, 2.75) is 88.9 Å². The molecule has 2 bridgehead atoms. The van der Waals surface area contributed by atoms with Crippen LogP contribution in [0.2, 0.25) is 0 Å². The summed E-state index contributed by atoms with van der Waals surface area (Å²) in [5, 5.41) is 2.54. The second kappa shape index (κ2) is 13.9. The van der Waals surface area contributed by atoms with E-state index in [9.17, 15) is 0 Å². The molecule has 4 aliphatic carbocycles. The highest BCUT2D eigenvalue weighted by Crippen LogP contribution is 2.57. The summed E-state index contributed by atoms with van der Waals surface area (Å²) in [6, 6.07) is 58.3. The molecule has 3 atom stereocenters. The molecular weight excluding hydrogens is 687 g/mol. The molecule has 7 aromatic rings. The van der Waals surface area contributed by atoms with Crippen molar-refractivity contribution in [2.75, 3.05) is 4.90 Å². The van der Waals surface area contributed by atoms with E-state index in [1.807, 2.05) is 0 Å². The largest absolute Gasteiger partial charge is 0.310 e. The number of hydrogen-bond donors (Lipinski definition) is 0. The van der Waals surface area contributed by atoms with Crippen molar-refractivity contribution in [3.05, 3.63) is 174 Å². The second-order valence-corrected chi connectivity index (χ2v) is 18.3. The highest BCUT2D eigenvalue weighted by atomic mass is 15.1. The Labute approximate surface area is 339 Å². The second-order valence-electron chi connectivity index (χ2n) is 18.3. The third kappa shape index (κ3) is 5.96. The van der Waals surface area contributed by atoms with Crippen LogP contribution in [-0.2, 0) is 5.41 Å². The number of fused-ring (bicyclic) bond motifs is 6. The van der Waals surface area contributed by atoms with E-state index in [0.29, 0.717) is 5.92 Å². The first-order chi connectivity index (χ1) is 28.0. The number of anilines is 3. The molecular formula is C56H53N. The minimum atomic E-state index is -0.173. The van der Waals surface area contributed by atoms with E-state index in [1.165, 1.54) is 136 Å². The topological polar surface area (TPSA) is 3.24 Å². The van der Waals surface area contributed by atoms with Crippen LogP contribution in [0.1, 0.15) is 106 Å². The number of rotatable bonds is 7. The maximum absolute atomic E-state index is 2.54. The van der Waals surface area contributed by atoms with E-state index < -0.39 is 0 Å². The summed E-state index contributed by atoms with van der Waals surface area (Å²) >= 11 is 0. The lowest BCUT2D eigenvalue weighted by molar-refractivity contribution is 0.420. The summed E-state index contributed by atoms with van der Waals surface area (Å²) in [5.41, 5.74) is 17.1. The van der Waals surface area contributed by atoms with Gasteiger partial charge in [0.2, 0.25) is 0 Å². The average Bonchev–Trinajstić information content (AvgIpc) is 3.97. The van der Waals surface area contributed by atoms with Gasteiger partial charge < -0.3 is 4.90 Å². The normalized spacial score (nSPS) is 20.8. The lowest BCUT2D eigenvalue weighted by atomic mass is 9.78. The van der Waals surface area contributed by atoms with E-state index in [0.717, 1.165) is 17.8 Å². The summed E-state index contributed by atoms with van der Waals surface area (Å²) < 4.78 is 0. The highest BCUT2D eigenvalue weighted by Gasteiger charge is 2.41. The zero-order valence-corrected chi connectivity index (χ0v) is 33.6. The van der Waals surface area contributed by atoms with Crippen LogP contribution in [0.25, 0.3) is 44.2 Å². The fourth-order valence-corrected chi connectivity index (χ4v) is 11.8. The number of benzene rings is 7. The Bertz CT molecular complexity index is 2590. The van der Waals surface area contributed by atoms with Crippen LogP contribution in [0.5, 0.6) is 0 Å². The molecule has 3 unspecified atom stereocenters. The third-order valence-corrected chi connectivity index (χ3v) is 14.7. The van der Waals surface area contributed by atoms with E-state index in [1.54, 1.807) is 5.56 Å². The predicted octanol–water partition coefficient (Wildman–Crippen LogP) is 15.9. The van der Waals surface area contributed by atoms with E-state index in [-0.39, 0.29) is 5.41 Å². The maximum Gasteiger partial charge on any atom is 0.0543 e. The molecule has 3 fully saturated rings.